The van der Waals surface area contributed by atoms with Crippen molar-refractivity contribution in [2.75, 3.05) is 26.2 Å². The molecule has 2 nitrogen and oxygen atoms in total. The highest BCUT2D eigenvalue weighted by Gasteiger charge is 2.21. The van der Waals surface area contributed by atoms with Gasteiger partial charge >= 0.3 is 0 Å². The molecule has 2 rings (SSSR count). The van der Waals surface area contributed by atoms with Gasteiger partial charge in [-0.2, -0.15) is 0 Å². The molecule has 17 heavy (non-hydrogen) atoms. The molecule has 1 aliphatic rings. The third kappa shape index (κ3) is 2.94. The molecule has 1 atom stereocenters. The summed E-state index contributed by atoms with van der Waals surface area (Å²) in [4.78, 5) is 2.25. The Hall–Kier alpha value is -0.710. The minimum absolute atomic E-state index is 0.0369. The highest BCUT2D eigenvalue weighted by molar-refractivity contribution is 9.10. The second-order valence-corrected chi connectivity index (χ2v) is 5.05. The van der Waals surface area contributed by atoms with Crippen molar-refractivity contribution in [3.8, 4) is 0 Å². The van der Waals surface area contributed by atoms with Crippen molar-refractivity contribution >= 4 is 15.9 Å². The molecular weight excluding hydrogens is 283 g/mol. The number of hydrogen-bond acceptors (Lipinski definition) is 2. The molecule has 0 unspecified atom stereocenters. The normalized spacial score (nSPS) is 18.9. The van der Waals surface area contributed by atoms with Gasteiger partial charge in [0.2, 0.25) is 0 Å². The fourth-order valence-corrected chi connectivity index (χ4v) is 2.51. The molecular formula is C13H16BrFN2. The molecule has 1 aromatic carbocycles. The van der Waals surface area contributed by atoms with E-state index in [-0.39, 0.29) is 11.9 Å². The van der Waals surface area contributed by atoms with Crippen LogP contribution in [0.5, 0.6) is 0 Å². The molecule has 92 valence electrons. The number of halogens is 2. The summed E-state index contributed by atoms with van der Waals surface area (Å²) in [7, 11) is 0. The molecule has 0 saturated carbocycles. The number of nitrogens with one attached hydrogen (secondary N) is 1. The molecule has 1 heterocycles. The molecule has 1 aromatic rings. The summed E-state index contributed by atoms with van der Waals surface area (Å²) in [6, 6.07) is 5.17. The molecule has 0 bridgehead atoms. The van der Waals surface area contributed by atoms with Gasteiger partial charge in [0.25, 0.3) is 0 Å². The van der Waals surface area contributed by atoms with Crippen LogP contribution < -0.4 is 5.32 Å². The number of nitrogens with zero attached hydrogens (tertiary/aromatic N) is 1. The second-order valence-electron chi connectivity index (χ2n) is 4.13. The summed E-state index contributed by atoms with van der Waals surface area (Å²) in [6.45, 7) is 7.58. The summed E-state index contributed by atoms with van der Waals surface area (Å²) in [5, 5.41) is 3.29. The van der Waals surface area contributed by atoms with Gasteiger partial charge in [0, 0.05) is 36.2 Å². The van der Waals surface area contributed by atoms with Gasteiger partial charge in [-0.1, -0.05) is 28.1 Å². The topological polar surface area (TPSA) is 15.3 Å². The third-order valence-corrected chi connectivity index (χ3v) is 3.54. The minimum atomic E-state index is -0.178. The second kappa shape index (κ2) is 5.76. The van der Waals surface area contributed by atoms with Crippen molar-refractivity contribution in [3.05, 3.63) is 46.7 Å². The van der Waals surface area contributed by atoms with Crippen LogP contribution in [0, 0.1) is 5.82 Å². The standard InChI is InChI=1S/C13H16BrFN2/c1-2-13(17-7-5-16-6-8-17)11-4-3-10(14)9-12(11)15/h2-4,9,13,16H,1,5-8H2/t13-/m0/s1. The predicted octanol–water partition coefficient (Wildman–Crippen LogP) is 2.72. The Labute approximate surface area is 110 Å². The van der Waals surface area contributed by atoms with Crippen molar-refractivity contribution in [2.24, 2.45) is 0 Å². The molecule has 0 radical (unpaired) electrons. The quantitative estimate of drug-likeness (QED) is 0.863. The summed E-state index contributed by atoms with van der Waals surface area (Å²) in [6.07, 6.45) is 1.82. The van der Waals surface area contributed by atoms with Crippen LogP contribution in [0.25, 0.3) is 0 Å². The van der Waals surface area contributed by atoms with Crippen LogP contribution in [0.2, 0.25) is 0 Å². The Bertz CT molecular complexity index is 402. The van der Waals surface area contributed by atoms with Gasteiger partial charge < -0.3 is 5.32 Å². The first-order valence-electron chi connectivity index (χ1n) is 5.74. The van der Waals surface area contributed by atoms with Gasteiger partial charge in [-0.25, -0.2) is 4.39 Å². The van der Waals surface area contributed by atoms with Crippen LogP contribution in [0.1, 0.15) is 11.6 Å². The van der Waals surface area contributed by atoms with Gasteiger partial charge in [-0.15, -0.1) is 6.58 Å². The van der Waals surface area contributed by atoms with E-state index < -0.39 is 0 Å². The zero-order valence-electron chi connectivity index (χ0n) is 9.63. The Morgan fingerprint density at radius 1 is 1.41 bits per heavy atom. The summed E-state index contributed by atoms with van der Waals surface area (Å²) < 4.78 is 14.7. The van der Waals surface area contributed by atoms with Gasteiger partial charge in [-0.05, 0) is 12.1 Å². The van der Waals surface area contributed by atoms with E-state index in [0.29, 0.717) is 5.56 Å². The SMILES string of the molecule is C=C[C@@H](c1ccc(Br)cc1F)N1CCNCC1. The Balaban J connectivity index is 2.24. The van der Waals surface area contributed by atoms with E-state index in [1.54, 1.807) is 0 Å². The third-order valence-electron chi connectivity index (χ3n) is 3.05. The molecule has 0 spiro atoms. The van der Waals surface area contributed by atoms with Crippen molar-refractivity contribution in [3.63, 3.8) is 0 Å². The lowest BCUT2D eigenvalue weighted by atomic mass is 10.0. The first-order valence-corrected chi connectivity index (χ1v) is 6.54. The molecule has 0 aromatic heterocycles. The molecule has 1 N–H and O–H groups in total. The Morgan fingerprint density at radius 3 is 2.71 bits per heavy atom. The van der Waals surface area contributed by atoms with Crippen molar-refractivity contribution in [1.82, 2.24) is 10.2 Å². The molecule has 1 fully saturated rings. The predicted molar refractivity (Wildman–Crippen MR) is 71.5 cm³/mol. The zero-order chi connectivity index (χ0) is 12.3. The number of rotatable bonds is 3. The number of piperazine rings is 1. The van der Waals surface area contributed by atoms with Crippen molar-refractivity contribution in [1.29, 1.82) is 0 Å². The Kier molecular flexibility index (Phi) is 4.31. The first kappa shape index (κ1) is 12.7. The van der Waals surface area contributed by atoms with E-state index in [1.165, 1.54) is 6.07 Å². The van der Waals surface area contributed by atoms with Gasteiger partial charge in [0.05, 0.1) is 6.04 Å². The molecule has 0 aliphatic carbocycles. The van der Waals surface area contributed by atoms with Crippen molar-refractivity contribution < 1.29 is 4.39 Å². The molecule has 4 heteroatoms. The minimum Gasteiger partial charge on any atom is -0.314 e. The lowest BCUT2D eigenvalue weighted by molar-refractivity contribution is 0.200. The van der Waals surface area contributed by atoms with E-state index in [0.717, 1.165) is 30.7 Å². The summed E-state index contributed by atoms with van der Waals surface area (Å²) in [5.74, 6) is -0.178. The largest absolute Gasteiger partial charge is 0.314 e. The maximum atomic E-state index is 13.9. The highest BCUT2D eigenvalue weighted by Crippen LogP contribution is 2.26. The monoisotopic (exact) mass is 298 g/mol. The average Bonchev–Trinajstić information content (AvgIpc) is 2.34. The van der Waals surface area contributed by atoms with Crippen LogP contribution in [-0.2, 0) is 0 Å². The fraction of sp³-hybridized carbons (Fsp3) is 0.385. The van der Waals surface area contributed by atoms with Crippen LogP contribution in [-0.4, -0.2) is 31.1 Å². The van der Waals surface area contributed by atoms with Crippen molar-refractivity contribution in [2.45, 2.75) is 6.04 Å². The smallest absolute Gasteiger partial charge is 0.129 e. The number of hydrogen-bond donors (Lipinski definition) is 1. The van der Waals surface area contributed by atoms with Crippen LogP contribution in [0.3, 0.4) is 0 Å². The van der Waals surface area contributed by atoms with Gasteiger partial charge in [-0.3, -0.25) is 4.90 Å². The fourth-order valence-electron chi connectivity index (χ4n) is 2.17. The molecule has 0 amide bonds. The van der Waals surface area contributed by atoms with Crippen LogP contribution in [0.4, 0.5) is 4.39 Å². The Morgan fingerprint density at radius 2 is 2.12 bits per heavy atom. The number of benzene rings is 1. The summed E-state index contributed by atoms with van der Waals surface area (Å²) >= 11 is 3.27. The lowest BCUT2D eigenvalue weighted by Crippen LogP contribution is -2.44. The van der Waals surface area contributed by atoms with E-state index >= 15 is 0 Å². The highest BCUT2D eigenvalue weighted by atomic mass is 79.9. The zero-order valence-corrected chi connectivity index (χ0v) is 11.2. The van der Waals surface area contributed by atoms with Gasteiger partial charge in [0.1, 0.15) is 5.82 Å². The van der Waals surface area contributed by atoms with E-state index in [2.05, 4.69) is 32.7 Å². The summed E-state index contributed by atoms with van der Waals surface area (Å²) in [5.41, 5.74) is 0.699. The lowest BCUT2D eigenvalue weighted by Gasteiger charge is -2.33. The molecule has 1 aliphatic heterocycles. The first-order chi connectivity index (χ1) is 8.22. The maximum absolute atomic E-state index is 13.9. The van der Waals surface area contributed by atoms with Gasteiger partial charge in [0.15, 0.2) is 0 Å². The van der Waals surface area contributed by atoms with E-state index in [9.17, 15) is 4.39 Å². The van der Waals surface area contributed by atoms with Crippen LogP contribution in [0.15, 0.2) is 35.3 Å². The van der Waals surface area contributed by atoms with Crippen LogP contribution >= 0.6 is 15.9 Å². The maximum Gasteiger partial charge on any atom is 0.129 e. The van der Waals surface area contributed by atoms with E-state index in [4.69, 9.17) is 0 Å². The van der Waals surface area contributed by atoms with E-state index in [1.807, 2.05) is 18.2 Å². The molecule has 1 saturated heterocycles. The average molecular weight is 299 g/mol.